The highest BCUT2D eigenvalue weighted by Gasteiger charge is 2.36. The third-order valence-corrected chi connectivity index (χ3v) is 4.84. The highest BCUT2D eigenvalue weighted by atomic mass is 19.4. The van der Waals surface area contributed by atoms with Crippen molar-refractivity contribution >= 4 is 0 Å². The Balaban J connectivity index is 1.72. The molecular formula is C17H22F3N. The quantitative estimate of drug-likeness (QED) is 0.840. The van der Waals surface area contributed by atoms with Crippen LogP contribution in [0.1, 0.15) is 49.7 Å². The summed E-state index contributed by atoms with van der Waals surface area (Å²) in [5.74, 6) is 0. The summed E-state index contributed by atoms with van der Waals surface area (Å²) in [4.78, 5) is 0. The van der Waals surface area contributed by atoms with Crippen molar-refractivity contribution in [2.45, 2.75) is 57.2 Å². The third kappa shape index (κ3) is 3.79. The Morgan fingerprint density at radius 3 is 2.48 bits per heavy atom. The molecule has 2 saturated carbocycles. The Morgan fingerprint density at radius 1 is 1.14 bits per heavy atom. The van der Waals surface area contributed by atoms with Crippen molar-refractivity contribution in [2.24, 2.45) is 5.41 Å². The monoisotopic (exact) mass is 297 g/mol. The second-order valence-electron chi connectivity index (χ2n) is 6.74. The lowest BCUT2D eigenvalue weighted by Gasteiger charge is -2.30. The number of nitrogens with one attached hydrogen (secondary N) is 1. The number of alkyl halides is 3. The Labute approximate surface area is 123 Å². The van der Waals surface area contributed by atoms with Gasteiger partial charge in [-0.05, 0) is 49.1 Å². The van der Waals surface area contributed by atoms with E-state index in [1.807, 2.05) is 6.07 Å². The third-order valence-electron chi connectivity index (χ3n) is 4.84. The molecule has 0 heterocycles. The van der Waals surface area contributed by atoms with Gasteiger partial charge in [0.05, 0.1) is 5.56 Å². The van der Waals surface area contributed by atoms with E-state index in [2.05, 4.69) is 5.32 Å². The van der Waals surface area contributed by atoms with Gasteiger partial charge < -0.3 is 5.32 Å². The van der Waals surface area contributed by atoms with Gasteiger partial charge in [-0.3, -0.25) is 0 Å². The predicted molar refractivity (Wildman–Crippen MR) is 77.1 cm³/mol. The summed E-state index contributed by atoms with van der Waals surface area (Å²) in [7, 11) is 0. The summed E-state index contributed by atoms with van der Waals surface area (Å²) in [5.41, 5.74) is 0.458. The van der Waals surface area contributed by atoms with Crippen LogP contribution in [-0.2, 0) is 12.6 Å². The highest BCUT2D eigenvalue weighted by Crippen LogP contribution is 2.41. The van der Waals surface area contributed by atoms with Gasteiger partial charge >= 0.3 is 6.18 Å². The van der Waals surface area contributed by atoms with Gasteiger partial charge in [-0.2, -0.15) is 13.2 Å². The van der Waals surface area contributed by atoms with Crippen LogP contribution in [0.3, 0.4) is 0 Å². The fourth-order valence-corrected chi connectivity index (χ4v) is 3.48. The second kappa shape index (κ2) is 5.64. The maximum absolute atomic E-state index is 12.8. The van der Waals surface area contributed by atoms with Crippen molar-refractivity contribution in [3.63, 3.8) is 0 Å². The largest absolute Gasteiger partial charge is 0.416 e. The molecule has 1 nitrogen and oxygen atoms in total. The van der Waals surface area contributed by atoms with Gasteiger partial charge in [0.15, 0.2) is 0 Å². The molecule has 0 saturated heterocycles. The molecule has 116 valence electrons. The van der Waals surface area contributed by atoms with Crippen molar-refractivity contribution in [3.8, 4) is 0 Å². The Morgan fingerprint density at radius 2 is 1.86 bits per heavy atom. The summed E-state index contributed by atoms with van der Waals surface area (Å²) < 4.78 is 38.5. The molecule has 1 aromatic carbocycles. The zero-order valence-corrected chi connectivity index (χ0v) is 12.2. The number of rotatable bonds is 5. The normalized spacial score (nSPS) is 21.7. The summed E-state index contributed by atoms with van der Waals surface area (Å²) in [6.07, 6.45) is 3.67. The Hall–Kier alpha value is -1.03. The van der Waals surface area contributed by atoms with E-state index in [1.165, 1.54) is 37.8 Å². The van der Waals surface area contributed by atoms with Crippen LogP contribution in [-0.4, -0.2) is 12.6 Å². The van der Waals surface area contributed by atoms with Crippen LogP contribution in [0.5, 0.6) is 0 Å². The fourth-order valence-electron chi connectivity index (χ4n) is 3.48. The molecule has 0 aliphatic heterocycles. The first-order valence-electron chi connectivity index (χ1n) is 7.86. The van der Waals surface area contributed by atoms with E-state index >= 15 is 0 Å². The standard InChI is InChI=1S/C17H22F3N/c18-17(19,20)14-5-3-4-13(10-14)11-16(8-1-2-9-16)12-21-15-6-7-15/h3-5,10,15,21H,1-2,6-9,11-12H2. The van der Waals surface area contributed by atoms with Crippen LogP contribution >= 0.6 is 0 Å². The molecule has 1 aromatic rings. The molecule has 4 heteroatoms. The molecule has 0 amide bonds. The zero-order valence-electron chi connectivity index (χ0n) is 12.2. The molecule has 0 aromatic heterocycles. The number of halogens is 3. The molecule has 0 radical (unpaired) electrons. The molecule has 0 bridgehead atoms. The van der Waals surface area contributed by atoms with E-state index in [0.29, 0.717) is 6.04 Å². The fraction of sp³-hybridized carbons (Fsp3) is 0.647. The molecule has 2 aliphatic rings. The smallest absolute Gasteiger partial charge is 0.313 e. The van der Waals surface area contributed by atoms with Crippen molar-refractivity contribution in [3.05, 3.63) is 35.4 Å². The summed E-state index contributed by atoms with van der Waals surface area (Å²) in [6, 6.07) is 6.52. The number of hydrogen-bond acceptors (Lipinski definition) is 1. The van der Waals surface area contributed by atoms with Gasteiger partial charge in [0.2, 0.25) is 0 Å². The first-order valence-corrected chi connectivity index (χ1v) is 7.86. The molecule has 21 heavy (non-hydrogen) atoms. The average Bonchev–Trinajstić information content (AvgIpc) is 3.16. The first kappa shape index (κ1) is 14.9. The Kier molecular flexibility index (Phi) is 4.00. The number of hydrogen-bond donors (Lipinski definition) is 1. The average molecular weight is 297 g/mol. The minimum absolute atomic E-state index is 0.160. The van der Waals surface area contributed by atoms with Gasteiger partial charge in [0.25, 0.3) is 0 Å². The van der Waals surface area contributed by atoms with Crippen LogP contribution in [0.15, 0.2) is 24.3 Å². The molecule has 0 spiro atoms. The van der Waals surface area contributed by atoms with E-state index in [4.69, 9.17) is 0 Å². The number of benzene rings is 1. The molecule has 2 fully saturated rings. The maximum Gasteiger partial charge on any atom is 0.416 e. The van der Waals surface area contributed by atoms with Crippen molar-refractivity contribution < 1.29 is 13.2 Å². The van der Waals surface area contributed by atoms with E-state index in [9.17, 15) is 13.2 Å². The van der Waals surface area contributed by atoms with Gasteiger partial charge in [-0.25, -0.2) is 0 Å². The van der Waals surface area contributed by atoms with E-state index in [-0.39, 0.29) is 5.41 Å². The van der Waals surface area contributed by atoms with Gasteiger partial charge in [0.1, 0.15) is 0 Å². The van der Waals surface area contributed by atoms with Gasteiger partial charge in [-0.1, -0.05) is 31.0 Å². The molecule has 2 aliphatic carbocycles. The SMILES string of the molecule is FC(F)(F)c1cccc(CC2(CNC3CC3)CCCC2)c1. The van der Waals surface area contributed by atoms with Crippen LogP contribution in [0, 0.1) is 5.41 Å². The molecule has 1 N–H and O–H groups in total. The molecular weight excluding hydrogens is 275 g/mol. The molecule has 3 rings (SSSR count). The van der Waals surface area contributed by atoms with Crippen LogP contribution in [0.25, 0.3) is 0 Å². The van der Waals surface area contributed by atoms with Gasteiger partial charge in [-0.15, -0.1) is 0 Å². The lowest BCUT2D eigenvalue weighted by Crippen LogP contribution is -2.35. The predicted octanol–water partition coefficient (Wildman–Crippen LogP) is 4.56. The molecule has 0 unspecified atom stereocenters. The highest BCUT2D eigenvalue weighted by molar-refractivity contribution is 5.27. The molecule has 0 atom stereocenters. The lowest BCUT2D eigenvalue weighted by molar-refractivity contribution is -0.137. The Bertz CT molecular complexity index is 485. The van der Waals surface area contributed by atoms with Gasteiger partial charge in [0, 0.05) is 12.6 Å². The summed E-state index contributed by atoms with van der Waals surface area (Å²) in [6.45, 7) is 0.952. The van der Waals surface area contributed by atoms with Crippen LogP contribution in [0.4, 0.5) is 13.2 Å². The van der Waals surface area contributed by atoms with Crippen LogP contribution < -0.4 is 5.32 Å². The van der Waals surface area contributed by atoms with E-state index in [0.717, 1.165) is 37.4 Å². The zero-order chi connectivity index (χ0) is 14.9. The lowest BCUT2D eigenvalue weighted by atomic mass is 9.79. The summed E-state index contributed by atoms with van der Waals surface area (Å²) in [5, 5.41) is 3.58. The minimum Gasteiger partial charge on any atom is -0.313 e. The van der Waals surface area contributed by atoms with Crippen molar-refractivity contribution in [2.75, 3.05) is 6.54 Å². The second-order valence-corrected chi connectivity index (χ2v) is 6.74. The van der Waals surface area contributed by atoms with E-state index in [1.54, 1.807) is 0 Å². The van der Waals surface area contributed by atoms with Crippen molar-refractivity contribution in [1.29, 1.82) is 0 Å². The summed E-state index contributed by atoms with van der Waals surface area (Å²) >= 11 is 0. The minimum atomic E-state index is -4.24. The maximum atomic E-state index is 12.8. The topological polar surface area (TPSA) is 12.0 Å². The van der Waals surface area contributed by atoms with Crippen molar-refractivity contribution in [1.82, 2.24) is 5.32 Å². The van der Waals surface area contributed by atoms with E-state index < -0.39 is 11.7 Å². The van der Waals surface area contributed by atoms with Crippen LogP contribution in [0.2, 0.25) is 0 Å². The first-order chi connectivity index (χ1) is 9.97.